The van der Waals surface area contributed by atoms with Crippen LogP contribution in [0.15, 0.2) is 18.2 Å². The lowest BCUT2D eigenvalue weighted by Crippen LogP contribution is -2.44. The first-order chi connectivity index (χ1) is 8.08. The van der Waals surface area contributed by atoms with Gasteiger partial charge in [-0.2, -0.15) is 0 Å². The molecule has 1 unspecified atom stereocenters. The summed E-state index contributed by atoms with van der Waals surface area (Å²) in [6.07, 6.45) is -0.476. The third-order valence-electron chi connectivity index (χ3n) is 3.02. The maximum absolute atomic E-state index is 13.4. The Morgan fingerprint density at radius 3 is 2.94 bits per heavy atom. The first kappa shape index (κ1) is 12.2. The summed E-state index contributed by atoms with van der Waals surface area (Å²) >= 11 is 0. The quantitative estimate of drug-likeness (QED) is 0.732. The van der Waals surface area contributed by atoms with Crippen LogP contribution in [0.2, 0.25) is 0 Å². The van der Waals surface area contributed by atoms with Crippen molar-refractivity contribution in [2.24, 2.45) is 0 Å². The molecule has 0 aliphatic carbocycles. The zero-order valence-corrected chi connectivity index (χ0v) is 10.1. The van der Waals surface area contributed by atoms with Gasteiger partial charge in [-0.15, -0.1) is 0 Å². The number of nitrogens with zero attached hydrogens (tertiary/aromatic N) is 1. The van der Waals surface area contributed by atoms with Crippen molar-refractivity contribution in [1.29, 1.82) is 0 Å². The highest BCUT2D eigenvalue weighted by atomic mass is 19.1. The van der Waals surface area contributed by atoms with Crippen molar-refractivity contribution >= 4 is 5.78 Å². The Morgan fingerprint density at radius 1 is 1.53 bits per heavy atom. The Morgan fingerprint density at radius 2 is 2.29 bits per heavy atom. The van der Waals surface area contributed by atoms with Crippen LogP contribution in [0.1, 0.15) is 15.9 Å². The third kappa shape index (κ3) is 2.70. The van der Waals surface area contributed by atoms with Gasteiger partial charge in [-0.05, 0) is 25.6 Å². The highest BCUT2D eigenvalue weighted by Crippen LogP contribution is 2.14. The average molecular weight is 237 g/mol. The maximum Gasteiger partial charge on any atom is 0.192 e. The minimum Gasteiger partial charge on any atom is -0.367 e. The molecule has 0 saturated carbocycles. The molecule has 4 heteroatoms. The number of Topliss-reactive ketones (excluding diaryl/α,β-unsaturated/α-hetero) is 1. The molecule has 1 fully saturated rings. The van der Waals surface area contributed by atoms with Crippen LogP contribution in [0.4, 0.5) is 4.39 Å². The predicted molar refractivity (Wildman–Crippen MR) is 62.7 cm³/mol. The number of benzene rings is 1. The largest absolute Gasteiger partial charge is 0.367 e. The summed E-state index contributed by atoms with van der Waals surface area (Å²) in [6, 6.07) is 4.56. The van der Waals surface area contributed by atoms with Gasteiger partial charge in [-0.3, -0.25) is 4.79 Å². The molecule has 0 spiro atoms. The van der Waals surface area contributed by atoms with Crippen molar-refractivity contribution in [2.45, 2.75) is 13.0 Å². The van der Waals surface area contributed by atoms with Crippen LogP contribution < -0.4 is 0 Å². The fourth-order valence-corrected chi connectivity index (χ4v) is 1.87. The van der Waals surface area contributed by atoms with Crippen molar-refractivity contribution in [2.75, 3.05) is 26.7 Å². The number of rotatable bonds is 2. The molecule has 0 amide bonds. The lowest BCUT2D eigenvalue weighted by atomic mass is 10.0. The molecule has 1 aliphatic rings. The molecule has 0 bridgehead atoms. The molecule has 1 aliphatic heterocycles. The number of hydrogen-bond donors (Lipinski definition) is 0. The van der Waals surface area contributed by atoms with Crippen LogP contribution in [0, 0.1) is 12.7 Å². The second kappa shape index (κ2) is 4.94. The van der Waals surface area contributed by atoms with Crippen LogP contribution in [-0.4, -0.2) is 43.5 Å². The number of likely N-dealkylation sites (N-methyl/N-ethyl adjacent to an activating group) is 1. The Bertz CT molecular complexity index is 433. The fraction of sp³-hybridized carbons (Fsp3) is 0.462. The molecule has 1 aromatic carbocycles. The maximum atomic E-state index is 13.4. The Labute approximate surface area is 100 Å². The van der Waals surface area contributed by atoms with Gasteiger partial charge in [0.25, 0.3) is 0 Å². The molecule has 1 saturated heterocycles. The van der Waals surface area contributed by atoms with Gasteiger partial charge in [0, 0.05) is 18.7 Å². The van der Waals surface area contributed by atoms with Crippen LogP contribution in [0.5, 0.6) is 0 Å². The standard InChI is InChI=1S/C13H16FNO2/c1-9-3-4-10(7-11(9)14)13(16)12-8-15(2)5-6-17-12/h3-4,7,12H,5-6,8H2,1-2H3. The van der Waals surface area contributed by atoms with E-state index in [9.17, 15) is 9.18 Å². The number of carbonyl (C=O) groups is 1. The summed E-state index contributed by atoms with van der Waals surface area (Å²) in [6.45, 7) is 3.61. The monoisotopic (exact) mass is 237 g/mol. The van der Waals surface area contributed by atoms with Crippen molar-refractivity contribution in [1.82, 2.24) is 4.90 Å². The predicted octanol–water partition coefficient (Wildman–Crippen LogP) is 1.65. The molecule has 0 radical (unpaired) electrons. The minimum atomic E-state index is -0.476. The summed E-state index contributed by atoms with van der Waals surface area (Å²) in [5.74, 6) is -0.490. The topological polar surface area (TPSA) is 29.5 Å². The number of hydrogen-bond acceptors (Lipinski definition) is 3. The van der Waals surface area contributed by atoms with Gasteiger partial charge in [0.2, 0.25) is 0 Å². The van der Waals surface area contributed by atoms with Crippen LogP contribution in [0.25, 0.3) is 0 Å². The minimum absolute atomic E-state index is 0.143. The van der Waals surface area contributed by atoms with E-state index in [-0.39, 0.29) is 11.6 Å². The molecule has 0 N–H and O–H groups in total. The molecule has 17 heavy (non-hydrogen) atoms. The van der Waals surface area contributed by atoms with E-state index in [1.165, 1.54) is 6.07 Å². The molecular weight excluding hydrogens is 221 g/mol. The SMILES string of the molecule is Cc1ccc(C(=O)C2CN(C)CCO2)cc1F. The van der Waals surface area contributed by atoms with Crippen molar-refractivity contribution in [3.63, 3.8) is 0 Å². The molecule has 3 nitrogen and oxygen atoms in total. The van der Waals surface area contributed by atoms with Crippen molar-refractivity contribution in [3.8, 4) is 0 Å². The van der Waals surface area contributed by atoms with E-state index < -0.39 is 6.10 Å². The van der Waals surface area contributed by atoms with Gasteiger partial charge >= 0.3 is 0 Å². The summed E-state index contributed by atoms with van der Waals surface area (Å²) < 4.78 is 18.8. The van der Waals surface area contributed by atoms with E-state index in [2.05, 4.69) is 0 Å². The van der Waals surface area contributed by atoms with Crippen molar-refractivity contribution < 1.29 is 13.9 Å². The fourth-order valence-electron chi connectivity index (χ4n) is 1.87. The van der Waals surface area contributed by atoms with Gasteiger partial charge in [-0.1, -0.05) is 12.1 Å². The average Bonchev–Trinajstić information content (AvgIpc) is 2.32. The first-order valence-electron chi connectivity index (χ1n) is 5.68. The van der Waals surface area contributed by atoms with Gasteiger partial charge < -0.3 is 9.64 Å². The Hall–Kier alpha value is -1.26. The summed E-state index contributed by atoms with van der Waals surface area (Å²) in [4.78, 5) is 14.1. The van der Waals surface area contributed by atoms with Gasteiger partial charge in [0.1, 0.15) is 11.9 Å². The first-order valence-corrected chi connectivity index (χ1v) is 5.68. The molecule has 2 rings (SSSR count). The number of ether oxygens (including phenoxy) is 1. The summed E-state index contributed by atoms with van der Waals surface area (Å²) in [5.41, 5.74) is 0.927. The molecule has 92 valence electrons. The van der Waals surface area contributed by atoms with Crippen molar-refractivity contribution in [3.05, 3.63) is 35.1 Å². The normalized spacial score (nSPS) is 21.5. The zero-order chi connectivity index (χ0) is 12.4. The number of halogens is 1. The zero-order valence-electron chi connectivity index (χ0n) is 10.1. The molecule has 1 aromatic rings. The van der Waals surface area contributed by atoms with E-state index in [0.717, 1.165) is 6.54 Å². The highest BCUT2D eigenvalue weighted by Gasteiger charge is 2.26. The van der Waals surface area contributed by atoms with E-state index >= 15 is 0 Å². The van der Waals surface area contributed by atoms with E-state index in [1.54, 1.807) is 19.1 Å². The van der Waals surface area contributed by atoms with Gasteiger partial charge in [0.05, 0.1) is 6.61 Å². The second-order valence-corrected chi connectivity index (χ2v) is 4.45. The lowest BCUT2D eigenvalue weighted by Gasteiger charge is -2.29. The number of carbonyl (C=O) groups excluding carboxylic acids is 1. The van der Waals surface area contributed by atoms with Crippen LogP contribution in [0.3, 0.4) is 0 Å². The number of morpholine rings is 1. The van der Waals surface area contributed by atoms with Gasteiger partial charge in [-0.25, -0.2) is 4.39 Å². The lowest BCUT2D eigenvalue weighted by molar-refractivity contribution is -0.00863. The summed E-state index contributed by atoms with van der Waals surface area (Å²) in [5, 5.41) is 0. The number of ketones is 1. The smallest absolute Gasteiger partial charge is 0.192 e. The van der Waals surface area contributed by atoms with Crippen LogP contribution in [-0.2, 0) is 4.74 Å². The Kier molecular flexibility index (Phi) is 3.54. The molecule has 1 heterocycles. The van der Waals surface area contributed by atoms with E-state index in [4.69, 9.17) is 4.74 Å². The summed E-state index contributed by atoms with van der Waals surface area (Å²) in [7, 11) is 1.94. The molecule has 1 atom stereocenters. The second-order valence-electron chi connectivity index (χ2n) is 4.45. The van der Waals surface area contributed by atoms with Gasteiger partial charge in [0.15, 0.2) is 5.78 Å². The molecular formula is C13H16FNO2. The number of aryl methyl sites for hydroxylation is 1. The van der Waals surface area contributed by atoms with E-state index in [0.29, 0.717) is 24.3 Å². The Balaban J connectivity index is 2.15. The molecule has 0 aromatic heterocycles. The van der Waals surface area contributed by atoms with E-state index in [1.807, 2.05) is 11.9 Å². The highest BCUT2D eigenvalue weighted by molar-refractivity contribution is 5.99. The van der Waals surface area contributed by atoms with Crippen LogP contribution >= 0.6 is 0 Å². The third-order valence-corrected chi connectivity index (χ3v) is 3.02.